The van der Waals surface area contributed by atoms with E-state index in [0.29, 0.717) is 61.2 Å². The average Bonchev–Trinajstić information content (AvgIpc) is 0.647. The highest BCUT2D eigenvalue weighted by molar-refractivity contribution is 5.99. The first-order valence-corrected chi connectivity index (χ1v) is 38.6. The summed E-state index contributed by atoms with van der Waals surface area (Å²) in [5.41, 5.74) is 23.8. The van der Waals surface area contributed by atoms with Crippen LogP contribution in [0.15, 0.2) is 36.0 Å². The fraction of sp³-hybridized carbons (Fsp3) is 0.706. The van der Waals surface area contributed by atoms with Crippen LogP contribution in [0.2, 0.25) is 0 Å². The standard InChI is InChI=1S/3C17H29N5O2.2C17H29N5O/c3*1-9-6-7-12(10(2)13(9)23)20-15-11(14(18)24)8-19-16(21-15)22-17(3,4)5;2*1-10-6-7-12(8-11(10)2)20-15-13(14(18)23)9-19-16(21-15)22-17(3,4)5/h3*8-10,12-13,23H,6-7H2,1-5H3,(H2,18,24)(H2,19,20,21,22);2*9-12H,6-8H2,1-5H3,(H2,18,23)(H2,19,20,21,22)/t9-,10?,12+,13-;2*9-,10?,12-,13+;10-,11-,12-;/m0111./s1/i1D3,6D2,7D2,9D,10D,12D,13D;1D3,3D3,6D2,10D,13D;1D3,6D2,10D,13D;9D;1D3. The summed E-state index contributed by atoms with van der Waals surface area (Å²) in [6.07, 6.45) is -14.4. The molecule has 5 fully saturated rings. The summed E-state index contributed by atoms with van der Waals surface area (Å²) in [5, 5.41) is 58.2. The molecule has 0 saturated heterocycles. The van der Waals surface area contributed by atoms with Gasteiger partial charge in [-0.25, -0.2) is 24.9 Å². The third-order valence-electron chi connectivity index (χ3n) is 18.6. The van der Waals surface area contributed by atoms with Crippen molar-refractivity contribution in [2.45, 2.75) is 326 Å². The molecule has 18 atom stereocenters. The van der Waals surface area contributed by atoms with Gasteiger partial charge in [-0.1, -0.05) is 68.9 Å². The molecule has 0 bridgehead atoms. The second kappa shape index (κ2) is 41.5. The lowest BCUT2D eigenvalue weighted by Crippen LogP contribution is -2.43. The number of hydrogen-bond donors (Lipinski definition) is 18. The highest BCUT2D eigenvalue weighted by Crippen LogP contribution is 2.37. The molecule has 5 aromatic heterocycles. The number of hydrogen-bond acceptors (Lipinski definition) is 27. The van der Waals surface area contributed by atoms with Gasteiger partial charge in [-0.3, -0.25) is 29.0 Å². The Morgan fingerprint density at radius 2 is 0.831 bits per heavy atom. The van der Waals surface area contributed by atoms with Gasteiger partial charge in [0.15, 0.2) is 0 Å². The Balaban J connectivity index is 0.000000288. The zero-order chi connectivity index (χ0) is 117. The maximum atomic E-state index is 12.0. The Labute approximate surface area is 744 Å². The van der Waals surface area contributed by atoms with E-state index in [4.69, 9.17) is 77.5 Å². The summed E-state index contributed by atoms with van der Waals surface area (Å²) in [7, 11) is 0. The number of H-pyrrole nitrogens is 1. The highest BCUT2D eigenvalue weighted by atomic mass is 16.3. The van der Waals surface area contributed by atoms with E-state index in [-0.39, 0.29) is 92.9 Å². The van der Waals surface area contributed by atoms with Gasteiger partial charge >= 0.3 is 0 Å². The van der Waals surface area contributed by atoms with Crippen LogP contribution in [-0.4, -0.2) is 171 Å². The van der Waals surface area contributed by atoms with Crippen LogP contribution in [0.5, 0.6) is 0 Å². The fourth-order valence-corrected chi connectivity index (χ4v) is 12.0. The lowest BCUT2D eigenvalue weighted by molar-refractivity contribution is 0.0265. The summed E-state index contributed by atoms with van der Waals surface area (Å²) in [6.45, 7) is 20.6. The van der Waals surface area contributed by atoms with Crippen LogP contribution in [-0.2, 0) is 0 Å². The van der Waals surface area contributed by atoms with Crippen LogP contribution in [0.1, 0.15) is 345 Å². The third kappa shape index (κ3) is 30.5. The zero-order valence-electron chi connectivity index (χ0n) is 103. The van der Waals surface area contributed by atoms with Crippen LogP contribution in [0.25, 0.3) is 0 Å². The molecule has 5 heterocycles. The van der Waals surface area contributed by atoms with E-state index in [1.165, 1.54) is 26.2 Å². The number of nitrogens with one attached hydrogen (secondary N) is 10. The summed E-state index contributed by atoms with van der Waals surface area (Å²) in [6, 6.07) is -5.90. The van der Waals surface area contributed by atoms with Crippen LogP contribution in [0.3, 0.4) is 0 Å². The first-order valence-electron chi connectivity index (χ1n) is 54.6. The van der Waals surface area contributed by atoms with Gasteiger partial charge in [-0.2, -0.15) is 19.9 Å². The van der Waals surface area contributed by atoms with E-state index in [9.17, 15) is 39.3 Å². The van der Waals surface area contributed by atoms with E-state index in [1.54, 1.807) is 20.8 Å². The van der Waals surface area contributed by atoms with Gasteiger partial charge in [0.25, 0.3) is 29.5 Å². The lowest BCUT2D eigenvalue weighted by atomic mass is 9.77. The van der Waals surface area contributed by atoms with Crippen molar-refractivity contribution < 1.29 is 83.2 Å². The molecule has 6 unspecified atom stereocenters. The van der Waals surface area contributed by atoms with Crippen LogP contribution in [0.4, 0.5) is 53.0 Å². The molecule has 33 nitrogen and oxygen atoms in total. The second-order valence-corrected chi connectivity index (χ2v) is 34.4. The molecule has 10 rings (SSSR count). The summed E-state index contributed by atoms with van der Waals surface area (Å²) >= 11 is 0. The minimum Gasteiger partial charge on any atom is -0.392 e. The Kier molecular flexibility index (Phi) is 20.9. The number of nitrogens with zero attached hydrogens (tertiary/aromatic N) is 10. The van der Waals surface area contributed by atoms with Gasteiger partial charge in [0.1, 0.15) is 28.8 Å². The highest BCUT2D eigenvalue weighted by Gasteiger charge is 2.38. The van der Waals surface area contributed by atoms with E-state index >= 15 is 0 Å². The van der Waals surface area contributed by atoms with Crippen molar-refractivity contribution in [3.05, 3.63) is 64.3 Å². The Hall–Kier alpha value is -9.37. The van der Waals surface area contributed by atoms with Crippen LogP contribution >= 0.6 is 0 Å². The number of aliphatic hydroxyl groups is 3. The molecule has 118 heavy (non-hydrogen) atoms. The van der Waals surface area contributed by atoms with Crippen molar-refractivity contribution in [2.24, 2.45) is 92.7 Å². The van der Waals surface area contributed by atoms with Gasteiger partial charge in [-0.05, 0) is 222 Å². The van der Waals surface area contributed by atoms with Gasteiger partial charge < -0.3 is 96.8 Å². The topological polar surface area (TPSA) is 529 Å². The van der Waals surface area contributed by atoms with Gasteiger partial charge in [0.05, 0.1) is 59.0 Å². The minimum atomic E-state index is -3.91. The number of aromatic amines is 1. The van der Waals surface area contributed by atoms with Crippen molar-refractivity contribution in [3.63, 3.8) is 0 Å². The quantitative estimate of drug-likeness (QED) is 0.0365. The molecule has 658 valence electrons. The van der Waals surface area contributed by atoms with Gasteiger partial charge in [-0.15, -0.1) is 0 Å². The molecule has 5 aromatic rings. The summed E-state index contributed by atoms with van der Waals surface area (Å²) < 4.78 is 257. The molecular weight excluding hydrogens is 1500 g/mol. The SMILES string of the molecule is [2H]C([2H])([2H])C1CCC(Nc2nc(NC(C)(C)C)ncc2C(N)=O)CC1C.[2H]C([2H])([2H])[C@@H]1C([2H])([2H])C[C@@H](Nc2nc(NC(C)(C)C([2H])([2H])[2H])ncc2C(N)=O)C([2H])(C)[C@@]1([2H])O.[2H]C([2H])([2H])[C@@H]1C([2H])([2H])C[C@@H](Nc2nc(NC(C)(C)C)ncc2C(N)=O)C([2H])(C)[C@@]1([2H])O.[2H]C1([2H])C([2H])([2H])[C@]([2H])(C([2H])([2H])[2H])[C@]([2H])(O)C([2H])(C)[C@]1([2H])Nc1nc(NC(C)(C)C)ncc1C(N)=O.[2H]c1nc(NC(C)(C)C)[nH]c(=N[C@@H]2CC[C@@H](C)[C@H](C)C2)c1C(N)=O. The Morgan fingerprint density at radius 1 is 0.441 bits per heavy atom. The van der Waals surface area contributed by atoms with Crippen molar-refractivity contribution in [1.29, 1.82) is 0 Å². The van der Waals surface area contributed by atoms with Crippen molar-refractivity contribution in [3.8, 4) is 0 Å². The molecular formula is C85H145N25O8. The van der Waals surface area contributed by atoms with E-state index in [0.717, 1.165) is 45.5 Å². The van der Waals surface area contributed by atoms with E-state index < -0.39 is 202 Å². The first-order chi connectivity index (χ1) is 66.8. The fourth-order valence-electron chi connectivity index (χ4n) is 12.0. The van der Waals surface area contributed by atoms with Crippen molar-refractivity contribution >= 4 is 82.5 Å². The number of primary amides is 5. The monoisotopic (exact) mass is 1680 g/mol. The smallest absolute Gasteiger partial charge is 0.254 e. The summed E-state index contributed by atoms with van der Waals surface area (Å²) in [4.78, 5) is 104. The average molecular weight is 1680 g/mol. The van der Waals surface area contributed by atoms with Gasteiger partial charge in [0.2, 0.25) is 29.7 Å². The largest absolute Gasteiger partial charge is 0.392 e. The molecule has 5 saturated carbocycles. The molecule has 0 aromatic carbocycles. The van der Waals surface area contributed by atoms with Crippen molar-refractivity contribution in [2.75, 3.05) is 47.9 Å². The van der Waals surface area contributed by atoms with E-state index in [2.05, 4.69) is 112 Å². The number of carbonyl (C=O) groups excluding carboxylic acids is 5. The first kappa shape index (κ1) is 59.3. The van der Waals surface area contributed by atoms with Crippen LogP contribution < -0.4 is 82.0 Å². The Bertz CT molecular complexity index is 5710. The molecule has 5 aliphatic carbocycles. The Morgan fingerprint density at radius 3 is 1.20 bits per heavy atom. The normalized spacial score (nSPS) is 38.0. The lowest BCUT2D eigenvalue weighted by Gasteiger charge is -2.38. The molecule has 0 radical (unpaired) electrons. The maximum Gasteiger partial charge on any atom is 0.254 e. The molecule has 0 aliphatic heterocycles. The maximum absolute atomic E-state index is 12.0. The van der Waals surface area contributed by atoms with Crippen molar-refractivity contribution in [1.82, 2.24) is 49.8 Å². The number of nitrogens with two attached hydrogens (primary N) is 5. The number of carbonyl (C=O) groups is 5. The van der Waals surface area contributed by atoms with Gasteiger partial charge in [0, 0.05) is 137 Å². The minimum absolute atomic E-state index is 0.0408. The third-order valence-corrected chi connectivity index (χ3v) is 18.6. The molecule has 0 spiro atoms. The van der Waals surface area contributed by atoms with Crippen LogP contribution in [0, 0.1) is 59.1 Å². The number of aromatic nitrogens is 10. The number of anilines is 9. The molecule has 23 N–H and O–H groups in total. The predicted octanol–water partition coefficient (Wildman–Crippen LogP) is 11.4. The number of amides is 5. The van der Waals surface area contributed by atoms with E-state index in [1.807, 2.05) is 69.2 Å². The predicted molar refractivity (Wildman–Crippen MR) is 470 cm³/mol. The summed E-state index contributed by atoms with van der Waals surface area (Å²) in [5.74, 6) is -19.2. The second-order valence-electron chi connectivity index (χ2n) is 34.4. The molecule has 33 heteroatoms. The molecule has 5 amide bonds. The zero-order valence-corrected chi connectivity index (χ0v) is 71.0. The molecule has 5 aliphatic rings. The number of rotatable bonds is 19.